The topological polar surface area (TPSA) is 46.1 Å². The van der Waals surface area contributed by atoms with Crippen molar-refractivity contribution in [2.24, 2.45) is 0 Å². The van der Waals surface area contributed by atoms with Crippen LogP contribution in [0.3, 0.4) is 0 Å². The Morgan fingerprint density at radius 1 is 1.22 bits per heavy atom. The van der Waals surface area contributed by atoms with E-state index in [-0.39, 0.29) is 16.2 Å². The molecular weight excluding hydrogens is 273 g/mol. The van der Waals surface area contributed by atoms with Gasteiger partial charge in [0, 0.05) is 18.8 Å². The first-order valence-electron chi connectivity index (χ1n) is 5.10. The minimum Gasteiger partial charge on any atom is -0.296 e. The van der Waals surface area contributed by atoms with Crippen molar-refractivity contribution in [3.8, 4) is 0 Å². The zero-order valence-corrected chi connectivity index (χ0v) is 11.0. The van der Waals surface area contributed by atoms with E-state index in [2.05, 4.69) is 9.97 Å². The first-order chi connectivity index (χ1) is 8.58. The number of rotatable bonds is 2. The Balaban J connectivity index is 2.31. The number of hydrogen-bond acceptors (Lipinski definition) is 3. The SMILES string of the molecule is CN(C(=O)c1cc(Cl)nc(Cl)c1)c1ccccn1. The van der Waals surface area contributed by atoms with Gasteiger partial charge in [-0.05, 0) is 24.3 Å². The minimum atomic E-state index is -0.250. The van der Waals surface area contributed by atoms with Crippen LogP contribution < -0.4 is 4.90 Å². The first-order valence-corrected chi connectivity index (χ1v) is 5.85. The highest BCUT2D eigenvalue weighted by Gasteiger charge is 2.15. The molecule has 0 bridgehead atoms. The van der Waals surface area contributed by atoms with Gasteiger partial charge in [-0.15, -0.1) is 0 Å². The number of aromatic nitrogens is 2. The molecule has 0 radical (unpaired) electrons. The molecule has 92 valence electrons. The van der Waals surface area contributed by atoms with Gasteiger partial charge in [0.05, 0.1) is 0 Å². The molecule has 0 unspecified atom stereocenters. The van der Waals surface area contributed by atoms with Gasteiger partial charge in [0.1, 0.15) is 16.1 Å². The van der Waals surface area contributed by atoms with Crippen LogP contribution in [0.15, 0.2) is 36.5 Å². The van der Waals surface area contributed by atoms with E-state index in [1.165, 1.54) is 17.0 Å². The summed E-state index contributed by atoms with van der Waals surface area (Å²) in [6, 6.07) is 8.26. The van der Waals surface area contributed by atoms with E-state index in [9.17, 15) is 4.79 Å². The number of halogens is 2. The molecular formula is C12H9Cl2N3O. The quantitative estimate of drug-likeness (QED) is 0.795. The summed E-state index contributed by atoms with van der Waals surface area (Å²) in [6.45, 7) is 0. The van der Waals surface area contributed by atoms with Crippen molar-refractivity contribution < 1.29 is 4.79 Å². The normalized spacial score (nSPS) is 10.2. The van der Waals surface area contributed by atoms with E-state index < -0.39 is 0 Å². The second-order valence-corrected chi connectivity index (χ2v) is 4.33. The van der Waals surface area contributed by atoms with Gasteiger partial charge in [-0.1, -0.05) is 29.3 Å². The van der Waals surface area contributed by atoms with Crippen molar-refractivity contribution in [2.75, 3.05) is 11.9 Å². The molecule has 2 rings (SSSR count). The summed E-state index contributed by atoms with van der Waals surface area (Å²) in [5, 5.41) is 0.362. The number of pyridine rings is 2. The molecule has 0 atom stereocenters. The molecule has 4 nitrogen and oxygen atoms in total. The van der Waals surface area contributed by atoms with Crippen LogP contribution in [0.5, 0.6) is 0 Å². The molecule has 2 heterocycles. The second kappa shape index (κ2) is 5.33. The Morgan fingerprint density at radius 2 is 1.89 bits per heavy atom. The van der Waals surface area contributed by atoms with Crippen LogP contribution in [0.25, 0.3) is 0 Å². The van der Waals surface area contributed by atoms with Crippen LogP contribution in [0.2, 0.25) is 10.3 Å². The lowest BCUT2D eigenvalue weighted by molar-refractivity contribution is 0.0992. The largest absolute Gasteiger partial charge is 0.296 e. The Hall–Kier alpha value is -1.65. The number of amides is 1. The molecule has 0 aliphatic heterocycles. The van der Waals surface area contributed by atoms with Gasteiger partial charge in [0.25, 0.3) is 5.91 Å². The van der Waals surface area contributed by atoms with Crippen molar-refractivity contribution in [3.63, 3.8) is 0 Å². The minimum absolute atomic E-state index is 0.181. The highest BCUT2D eigenvalue weighted by atomic mass is 35.5. The third kappa shape index (κ3) is 2.78. The number of hydrogen-bond donors (Lipinski definition) is 0. The summed E-state index contributed by atoms with van der Waals surface area (Å²) in [5.74, 6) is 0.298. The Kier molecular flexibility index (Phi) is 3.79. The maximum Gasteiger partial charge on any atom is 0.259 e. The average Bonchev–Trinajstić information content (AvgIpc) is 2.37. The predicted molar refractivity (Wildman–Crippen MR) is 71.2 cm³/mol. The summed E-state index contributed by atoms with van der Waals surface area (Å²) in [7, 11) is 1.63. The fourth-order valence-corrected chi connectivity index (χ4v) is 1.90. The molecule has 0 saturated carbocycles. The molecule has 0 N–H and O–H groups in total. The fraction of sp³-hybridized carbons (Fsp3) is 0.0833. The average molecular weight is 282 g/mol. The maximum absolute atomic E-state index is 12.2. The molecule has 1 amide bonds. The van der Waals surface area contributed by atoms with Gasteiger partial charge < -0.3 is 0 Å². The van der Waals surface area contributed by atoms with Crippen LogP contribution >= 0.6 is 23.2 Å². The van der Waals surface area contributed by atoms with E-state index >= 15 is 0 Å². The van der Waals surface area contributed by atoms with Gasteiger partial charge in [-0.2, -0.15) is 0 Å². The zero-order chi connectivity index (χ0) is 13.1. The van der Waals surface area contributed by atoms with Crippen molar-refractivity contribution >= 4 is 34.9 Å². The van der Waals surface area contributed by atoms with Crippen molar-refractivity contribution in [2.45, 2.75) is 0 Å². The van der Waals surface area contributed by atoms with E-state index in [0.717, 1.165) is 0 Å². The Bertz CT molecular complexity index is 555. The lowest BCUT2D eigenvalue weighted by atomic mass is 10.2. The van der Waals surface area contributed by atoms with Gasteiger partial charge in [-0.3, -0.25) is 9.69 Å². The monoisotopic (exact) mass is 281 g/mol. The molecule has 0 aromatic carbocycles. The maximum atomic E-state index is 12.2. The highest BCUT2D eigenvalue weighted by Crippen LogP contribution is 2.18. The van der Waals surface area contributed by atoms with Crippen LogP contribution in [0.1, 0.15) is 10.4 Å². The van der Waals surface area contributed by atoms with Crippen molar-refractivity contribution in [1.82, 2.24) is 9.97 Å². The summed E-state index contributed by atoms with van der Waals surface area (Å²) < 4.78 is 0. The lowest BCUT2D eigenvalue weighted by Crippen LogP contribution is -2.27. The molecule has 0 aliphatic rings. The van der Waals surface area contributed by atoms with Crippen LogP contribution in [0.4, 0.5) is 5.82 Å². The van der Waals surface area contributed by atoms with Crippen LogP contribution in [-0.2, 0) is 0 Å². The third-order valence-corrected chi connectivity index (χ3v) is 2.69. The summed E-state index contributed by atoms with van der Waals surface area (Å²) in [4.78, 5) is 21.5. The predicted octanol–water partition coefficient (Wildman–Crippen LogP) is 3.06. The van der Waals surface area contributed by atoms with Gasteiger partial charge in [0.2, 0.25) is 0 Å². The van der Waals surface area contributed by atoms with Crippen molar-refractivity contribution in [1.29, 1.82) is 0 Å². The van der Waals surface area contributed by atoms with E-state index in [1.807, 2.05) is 0 Å². The fourth-order valence-electron chi connectivity index (χ4n) is 1.44. The van der Waals surface area contributed by atoms with Crippen LogP contribution in [-0.4, -0.2) is 22.9 Å². The molecule has 0 saturated heterocycles. The number of nitrogens with zero attached hydrogens (tertiary/aromatic N) is 3. The Morgan fingerprint density at radius 3 is 2.44 bits per heavy atom. The first kappa shape index (κ1) is 12.8. The van der Waals surface area contributed by atoms with Gasteiger partial charge in [0.15, 0.2) is 0 Å². The number of carbonyl (C=O) groups is 1. The van der Waals surface area contributed by atoms with Crippen LogP contribution in [0, 0.1) is 0 Å². The van der Waals surface area contributed by atoms with Gasteiger partial charge in [-0.25, -0.2) is 9.97 Å². The molecule has 0 fully saturated rings. The molecule has 2 aromatic heterocycles. The standard InChI is InChI=1S/C12H9Cl2N3O/c1-17(11-4-2-3-5-15-11)12(18)8-6-9(13)16-10(14)7-8/h2-7H,1H3. The van der Waals surface area contributed by atoms with Gasteiger partial charge >= 0.3 is 0 Å². The molecule has 6 heteroatoms. The Labute approximate surface area is 114 Å². The number of anilines is 1. The highest BCUT2D eigenvalue weighted by molar-refractivity contribution is 6.33. The molecule has 18 heavy (non-hydrogen) atoms. The lowest BCUT2D eigenvalue weighted by Gasteiger charge is -2.16. The molecule has 0 spiro atoms. The summed E-state index contributed by atoms with van der Waals surface area (Å²) >= 11 is 11.5. The van der Waals surface area contributed by atoms with E-state index in [4.69, 9.17) is 23.2 Å². The summed E-state index contributed by atoms with van der Waals surface area (Å²) in [5.41, 5.74) is 0.369. The zero-order valence-electron chi connectivity index (χ0n) is 9.47. The van der Waals surface area contributed by atoms with E-state index in [0.29, 0.717) is 11.4 Å². The summed E-state index contributed by atoms with van der Waals surface area (Å²) in [6.07, 6.45) is 1.62. The smallest absolute Gasteiger partial charge is 0.259 e. The number of carbonyl (C=O) groups excluding carboxylic acids is 1. The van der Waals surface area contributed by atoms with Crippen molar-refractivity contribution in [3.05, 3.63) is 52.4 Å². The molecule has 0 aliphatic carbocycles. The second-order valence-electron chi connectivity index (χ2n) is 3.55. The third-order valence-electron chi connectivity index (χ3n) is 2.31. The molecule has 2 aromatic rings. The van der Waals surface area contributed by atoms with E-state index in [1.54, 1.807) is 31.4 Å².